The molecular weight excluding hydrogens is 210 g/mol. The minimum atomic E-state index is -1.05. The molecule has 0 aliphatic carbocycles. The molecule has 1 aromatic heterocycles. The van der Waals surface area contributed by atoms with Crippen molar-refractivity contribution in [3.63, 3.8) is 0 Å². The van der Waals surface area contributed by atoms with E-state index in [4.69, 9.17) is 5.73 Å². The first kappa shape index (κ1) is 10.2. The molecule has 82 valence electrons. The summed E-state index contributed by atoms with van der Waals surface area (Å²) in [6, 6.07) is 6.78. The summed E-state index contributed by atoms with van der Waals surface area (Å²) in [7, 11) is 0. The largest absolute Gasteiger partial charge is 0.429 e. The Bertz CT molecular complexity index is 618. The Labute approximate surface area is 90.2 Å². The third kappa shape index (κ3) is 1.60. The number of hydrogen-bond donors (Lipinski definition) is 1. The van der Waals surface area contributed by atoms with E-state index in [-0.39, 0.29) is 5.82 Å². The van der Waals surface area contributed by atoms with E-state index in [1.165, 1.54) is 0 Å². The van der Waals surface area contributed by atoms with Crippen LogP contribution in [0.2, 0.25) is 0 Å². The van der Waals surface area contributed by atoms with Crippen molar-refractivity contribution in [1.29, 1.82) is 0 Å². The predicted molar refractivity (Wildman–Crippen MR) is 56.9 cm³/mol. The summed E-state index contributed by atoms with van der Waals surface area (Å²) in [5.41, 5.74) is 4.95. The van der Waals surface area contributed by atoms with Gasteiger partial charge in [0.1, 0.15) is 5.82 Å². The van der Waals surface area contributed by atoms with Crippen LogP contribution in [0, 0.1) is 6.92 Å². The van der Waals surface area contributed by atoms with Gasteiger partial charge >= 0.3 is 6.09 Å². The number of fused-ring (bicyclic) bond motifs is 1. The van der Waals surface area contributed by atoms with E-state index >= 15 is 0 Å². The summed E-state index contributed by atoms with van der Waals surface area (Å²) in [4.78, 5) is 31.2. The zero-order chi connectivity index (χ0) is 11.7. The summed E-state index contributed by atoms with van der Waals surface area (Å²) in [6.07, 6.45) is -1.05. The normalized spacial score (nSPS) is 10.3. The summed E-state index contributed by atoms with van der Waals surface area (Å²) < 4.78 is 0.782. The molecule has 6 nitrogen and oxygen atoms in total. The van der Waals surface area contributed by atoms with Gasteiger partial charge in [0.05, 0.1) is 10.9 Å². The highest BCUT2D eigenvalue weighted by Gasteiger charge is 2.09. The number of benzene rings is 1. The van der Waals surface area contributed by atoms with Gasteiger partial charge in [0.15, 0.2) is 0 Å². The minimum Gasteiger partial charge on any atom is -0.333 e. The average Bonchev–Trinajstić information content (AvgIpc) is 2.24. The maximum atomic E-state index is 11.9. The molecule has 1 amide bonds. The molecule has 0 aliphatic rings. The molecule has 0 atom stereocenters. The SMILES string of the molecule is Cc1nc2ccccc2c(=O)n1OC(N)=O. The number of rotatable bonds is 1. The number of nitrogens with zero attached hydrogens (tertiary/aromatic N) is 2. The molecule has 1 aromatic carbocycles. The lowest BCUT2D eigenvalue weighted by Gasteiger charge is -2.07. The lowest BCUT2D eigenvalue weighted by Crippen LogP contribution is -2.36. The Hall–Kier alpha value is -2.37. The van der Waals surface area contributed by atoms with Crippen LogP contribution in [-0.2, 0) is 0 Å². The maximum absolute atomic E-state index is 11.9. The van der Waals surface area contributed by atoms with Crippen LogP contribution in [0.25, 0.3) is 10.9 Å². The molecule has 1 heterocycles. The van der Waals surface area contributed by atoms with Crippen molar-refractivity contribution in [3.8, 4) is 0 Å². The van der Waals surface area contributed by atoms with Crippen LogP contribution in [0.3, 0.4) is 0 Å². The van der Waals surface area contributed by atoms with E-state index in [9.17, 15) is 9.59 Å². The van der Waals surface area contributed by atoms with Gasteiger partial charge in [0, 0.05) is 0 Å². The summed E-state index contributed by atoms with van der Waals surface area (Å²) >= 11 is 0. The molecule has 0 radical (unpaired) electrons. The molecule has 0 saturated carbocycles. The lowest BCUT2D eigenvalue weighted by atomic mass is 10.2. The van der Waals surface area contributed by atoms with Crippen molar-refractivity contribution in [2.75, 3.05) is 0 Å². The highest BCUT2D eigenvalue weighted by atomic mass is 16.7. The number of hydrogen-bond acceptors (Lipinski definition) is 4. The molecule has 0 bridgehead atoms. The second kappa shape index (κ2) is 3.65. The van der Waals surface area contributed by atoms with Crippen LogP contribution in [0.15, 0.2) is 29.1 Å². The van der Waals surface area contributed by atoms with Gasteiger partial charge in [-0.05, 0) is 19.1 Å². The molecule has 0 saturated heterocycles. The van der Waals surface area contributed by atoms with Crippen LogP contribution in [0.4, 0.5) is 4.79 Å². The van der Waals surface area contributed by atoms with Gasteiger partial charge in [0.25, 0.3) is 5.56 Å². The van der Waals surface area contributed by atoms with Gasteiger partial charge in [-0.2, -0.15) is 0 Å². The maximum Gasteiger partial charge on any atom is 0.429 e. The zero-order valence-corrected chi connectivity index (χ0v) is 8.51. The highest BCUT2D eigenvalue weighted by molar-refractivity contribution is 5.77. The van der Waals surface area contributed by atoms with Crippen LogP contribution < -0.4 is 16.1 Å². The van der Waals surface area contributed by atoms with Crippen molar-refractivity contribution >= 4 is 17.0 Å². The molecule has 0 unspecified atom stereocenters. The number of aromatic nitrogens is 2. The fourth-order valence-corrected chi connectivity index (χ4v) is 1.43. The van der Waals surface area contributed by atoms with Crippen LogP contribution in [0.1, 0.15) is 5.82 Å². The monoisotopic (exact) mass is 219 g/mol. The number of amides is 1. The second-order valence-corrected chi connectivity index (χ2v) is 3.19. The fourth-order valence-electron chi connectivity index (χ4n) is 1.43. The Morgan fingerprint density at radius 1 is 1.44 bits per heavy atom. The third-order valence-corrected chi connectivity index (χ3v) is 2.08. The molecule has 0 aliphatic heterocycles. The van der Waals surface area contributed by atoms with E-state index in [0.717, 1.165) is 4.73 Å². The van der Waals surface area contributed by atoms with Gasteiger partial charge in [-0.1, -0.05) is 12.1 Å². The van der Waals surface area contributed by atoms with Crippen molar-refractivity contribution in [1.82, 2.24) is 9.71 Å². The topological polar surface area (TPSA) is 87.2 Å². The van der Waals surface area contributed by atoms with Crippen molar-refractivity contribution in [2.45, 2.75) is 6.92 Å². The Kier molecular flexibility index (Phi) is 2.32. The number of carbonyl (C=O) groups excluding carboxylic acids is 1. The Balaban J connectivity index is 2.76. The lowest BCUT2D eigenvalue weighted by molar-refractivity contribution is 0.134. The molecule has 2 rings (SSSR count). The molecule has 2 N–H and O–H groups in total. The van der Waals surface area contributed by atoms with E-state index in [1.807, 2.05) is 0 Å². The summed E-state index contributed by atoms with van der Waals surface area (Å²) in [6.45, 7) is 1.55. The summed E-state index contributed by atoms with van der Waals surface area (Å²) in [5, 5.41) is 0.370. The molecule has 2 aromatic rings. The van der Waals surface area contributed by atoms with Crippen LogP contribution in [-0.4, -0.2) is 15.8 Å². The molecule has 6 heteroatoms. The minimum absolute atomic E-state index is 0.266. The number of primary amides is 1. The number of nitrogens with two attached hydrogens (primary N) is 1. The van der Waals surface area contributed by atoms with E-state index in [2.05, 4.69) is 9.82 Å². The predicted octanol–water partition coefficient (Wildman–Crippen LogP) is 0.212. The molecule has 0 spiro atoms. The average molecular weight is 219 g/mol. The highest BCUT2D eigenvalue weighted by Crippen LogP contribution is 2.06. The van der Waals surface area contributed by atoms with Crippen molar-refractivity contribution in [3.05, 3.63) is 40.4 Å². The first-order chi connectivity index (χ1) is 7.59. The van der Waals surface area contributed by atoms with Gasteiger partial charge in [0.2, 0.25) is 0 Å². The zero-order valence-electron chi connectivity index (χ0n) is 8.51. The van der Waals surface area contributed by atoms with Crippen LogP contribution >= 0.6 is 0 Å². The smallest absolute Gasteiger partial charge is 0.333 e. The van der Waals surface area contributed by atoms with Crippen molar-refractivity contribution in [2.24, 2.45) is 5.73 Å². The second-order valence-electron chi connectivity index (χ2n) is 3.19. The standard InChI is InChI=1S/C10H9N3O3/c1-6-12-8-5-3-2-4-7(8)9(14)13(6)16-10(11)15/h2-5H,1H3,(H2,11,15). The number of carbonyl (C=O) groups is 1. The number of aryl methyl sites for hydroxylation is 1. The Morgan fingerprint density at radius 2 is 2.12 bits per heavy atom. The van der Waals surface area contributed by atoms with Crippen molar-refractivity contribution < 1.29 is 9.63 Å². The van der Waals surface area contributed by atoms with E-state index in [1.54, 1.807) is 31.2 Å². The van der Waals surface area contributed by atoms with Gasteiger partial charge in [-0.3, -0.25) is 4.79 Å². The Morgan fingerprint density at radius 3 is 2.81 bits per heavy atom. The summed E-state index contributed by atoms with van der Waals surface area (Å²) in [5.74, 6) is 0.266. The third-order valence-electron chi connectivity index (χ3n) is 2.08. The van der Waals surface area contributed by atoms with Gasteiger partial charge in [-0.25, -0.2) is 9.78 Å². The first-order valence-electron chi connectivity index (χ1n) is 4.56. The molecular formula is C10H9N3O3. The quantitative estimate of drug-likeness (QED) is 0.742. The van der Waals surface area contributed by atoms with Crippen LogP contribution in [0.5, 0.6) is 0 Å². The number of para-hydroxylation sites is 1. The van der Waals surface area contributed by atoms with E-state index < -0.39 is 11.7 Å². The molecule has 16 heavy (non-hydrogen) atoms. The van der Waals surface area contributed by atoms with E-state index in [0.29, 0.717) is 10.9 Å². The van der Waals surface area contributed by atoms with Gasteiger partial charge < -0.3 is 10.6 Å². The first-order valence-corrected chi connectivity index (χ1v) is 4.56. The van der Waals surface area contributed by atoms with Gasteiger partial charge in [-0.15, -0.1) is 4.73 Å². The molecule has 0 fully saturated rings. The fraction of sp³-hybridized carbons (Fsp3) is 0.100.